The number of hydrogen-bond acceptors (Lipinski definition) is 4. The third kappa shape index (κ3) is 3.44. The predicted molar refractivity (Wildman–Crippen MR) is 68.3 cm³/mol. The molecule has 0 saturated carbocycles. The number of ether oxygens (including phenoxy) is 2. The molecule has 18 heavy (non-hydrogen) atoms. The van der Waals surface area contributed by atoms with Crippen molar-refractivity contribution in [1.82, 2.24) is 0 Å². The van der Waals surface area contributed by atoms with Crippen LogP contribution in [0, 0.1) is 0 Å². The lowest BCUT2D eigenvalue weighted by Crippen LogP contribution is -2.26. The summed E-state index contributed by atoms with van der Waals surface area (Å²) in [6, 6.07) is 4.92. The number of nitrogens with zero attached hydrogens (tertiary/aromatic N) is 1. The van der Waals surface area contributed by atoms with Gasteiger partial charge in [-0.1, -0.05) is 6.07 Å². The third-order valence-electron chi connectivity index (χ3n) is 2.34. The quantitative estimate of drug-likeness (QED) is 0.844. The van der Waals surface area contributed by atoms with Crippen molar-refractivity contribution in [3.63, 3.8) is 0 Å². The summed E-state index contributed by atoms with van der Waals surface area (Å²) in [6.07, 6.45) is -0.546. The molecule has 0 aliphatic heterocycles. The Morgan fingerprint density at radius 3 is 2.61 bits per heavy atom. The average molecular weight is 273 g/mol. The minimum Gasteiger partial charge on any atom is -0.495 e. The summed E-state index contributed by atoms with van der Waals surface area (Å²) < 4.78 is 29.4. The van der Waals surface area contributed by atoms with Gasteiger partial charge in [-0.15, -0.1) is 0 Å². The van der Waals surface area contributed by atoms with E-state index in [0.29, 0.717) is 17.0 Å². The molecule has 1 aromatic rings. The van der Waals surface area contributed by atoms with Crippen LogP contribution in [0.25, 0.3) is 0 Å². The zero-order valence-electron chi connectivity index (χ0n) is 10.4. The fourth-order valence-corrected chi connectivity index (χ4v) is 1.93. The van der Waals surface area contributed by atoms with E-state index in [1.54, 1.807) is 18.2 Å². The van der Waals surface area contributed by atoms with Gasteiger partial charge >= 0.3 is 6.09 Å². The van der Waals surface area contributed by atoms with Crippen LogP contribution in [0.3, 0.4) is 0 Å². The molecule has 0 aliphatic carbocycles. The summed E-state index contributed by atoms with van der Waals surface area (Å²) in [7, 11) is 4.29. The normalized spacial score (nSPS) is 11.8. The van der Waals surface area contributed by atoms with Crippen molar-refractivity contribution in [2.24, 2.45) is 0 Å². The summed E-state index contributed by atoms with van der Waals surface area (Å²) in [5.74, 6) is 0.474. The lowest BCUT2D eigenvalue weighted by Gasteiger charge is -2.19. The number of hydrogen-bond donors (Lipinski definition) is 1. The van der Waals surface area contributed by atoms with Gasteiger partial charge in [-0.2, -0.15) is 0 Å². The van der Waals surface area contributed by atoms with E-state index in [2.05, 4.69) is 4.74 Å². The van der Waals surface area contributed by atoms with E-state index in [1.165, 1.54) is 26.2 Å². The molecule has 0 heterocycles. The molecule has 1 N–H and O–H groups in total. The van der Waals surface area contributed by atoms with Crippen LogP contribution in [0.2, 0.25) is 0 Å². The smallest absolute Gasteiger partial charge is 0.413 e. The molecule has 0 fully saturated rings. The Kier molecular flexibility index (Phi) is 5.11. The molecule has 0 aliphatic rings. The number of anilines is 1. The average Bonchev–Trinajstić information content (AvgIpc) is 2.36. The fourth-order valence-electron chi connectivity index (χ4n) is 1.47. The van der Waals surface area contributed by atoms with Crippen LogP contribution in [-0.4, -0.2) is 36.1 Å². The Bertz CT molecular complexity index is 463. The first kappa shape index (κ1) is 14.5. The Balaban J connectivity index is 3.13. The highest BCUT2D eigenvalue weighted by Gasteiger charge is 2.16. The van der Waals surface area contributed by atoms with Crippen molar-refractivity contribution < 1.29 is 23.0 Å². The summed E-state index contributed by atoms with van der Waals surface area (Å²) in [5, 5.41) is 0. The maximum Gasteiger partial charge on any atom is 0.413 e. The molecule has 100 valence electrons. The van der Waals surface area contributed by atoms with E-state index in [1.807, 2.05) is 0 Å². The molecule has 6 nitrogen and oxygen atoms in total. The van der Waals surface area contributed by atoms with Gasteiger partial charge in [0, 0.05) is 7.05 Å². The van der Waals surface area contributed by atoms with Gasteiger partial charge in [0.2, 0.25) is 0 Å². The first-order valence-electron chi connectivity index (χ1n) is 5.05. The second kappa shape index (κ2) is 6.36. The minimum absolute atomic E-state index is 0.00793. The zero-order valence-corrected chi connectivity index (χ0v) is 11.2. The van der Waals surface area contributed by atoms with Gasteiger partial charge in [0.1, 0.15) is 5.75 Å². The predicted octanol–water partition coefficient (Wildman–Crippen LogP) is 1.62. The molecule has 1 amide bonds. The number of amides is 1. The van der Waals surface area contributed by atoms with Gasteiger partial charge in [0.25, 0.3) is 0 Å². The molecular weight excluding hydrogens is 258 g/mol. The zero-order chi connectivity index (χ0) is 13.7. The van der Waals surface area contributed by atoms with Crippen molar-refractivity contribution in [2.45, 2.75) is 5.75 Å². The largest absolute Gasteiger partial charge is 0.495 e. The Labute approximate surface area is 108 Å². The number of rotatable bonds is 4. The molecule has 0 saturated heterocycles. The van der Waals surface area contributed by atoms with Crippen molar-refractivity contribution in [1.29, 1.82) is 0 Å². The lowest BCUT2D eigenvalue weighted by atomic mass is 10.2. The van der Waals surface area contributed by atoms with Gasteiger partial charge in [0.05, 0.1) is 25.7 Å². The van der Waals surface area contributed by atoms with Crippen LogP contribution >= 0.6 is 0 Å². The number of benzene rings is 1. The summed E-state index contributed by atoms with van der Waals surface area (Å²) in [4.78, 5) is 12.7. The highest BCUT2D eigenvalue weighted by atomic mass is 32.2. The van der Waals surface area contributed by atoms with Crippen molar-refractivity contribution in [3.05, 3.63) is 23.8 Å². The monoisotopic (exact) mass is 273 g/mol. The standard InChI is InChI=1S/C11H15NO5S/c1-12(11(13)17-3)9-6-8(7-18(14)15)4-5-10(9)16-2/h4-6H,7H2,1-3H3,(H,14,15). The van der Waals surface area contributed by atoms with E-state index in [-0.39, 0.29) is 5.75 Å². The molecule has 7 heteroatoms. The molecule has 0 spiro atoms. The third-order valence-corrected chi connectivity index (χ3v) is 2.92. The second-order valence-corrected chi connectivity index (χ2v) is 4.43. The van der Waals surface area contributed by atoms with E-state index in [9.17, 15) is 9.00 Å². The highest BCUT2D eigenvalue weighted by molar-refractivity contribution is 7.78. The summed E-state index contributed by atoms with van der Waals surface area (Å²) in [5.41, 5.74) is 1.11. The van der Waals surface area contributed by atoms with E-state index in [4.69, 9.17) is 9.29 Å². The number of carbonyl (C=O) groups is 1. The van der Waals surface area contributed by atoms with Crippen LogP contribution < -0.4 is 9.64 Å². The first-order chi connectivity index (χ1) is 8.49. The van der Waals surface area contributed by atoms with Gasteiger partial charge in [-0.3, -0.25) is 4.90 Å². The molecule has 0 radical (unpaired) electrons. The first-order valence-corrected chi connectivity index (χ1v) is 6.33. The molecule has 0 aromatic heterocycles. The SMILES string of the molecule is COC(=O)N(C)c1cc(CS(=O)O)ccc1OC. The van der Waals surface area contributed by atoms with Crippen molar-refractivity contribution >= 4 is 22.9 Å². The van der Waals surface area contributed by atoms with Crippen molar-refractivity contribution in [2.75, 3.05) is 26.2 Å². The number of carbonyl (C=O) groups excluding carboxylic acids is 1. The molecule has 1 rings (SSSR count). The summed E-state index contributed by atoms with van der Waals surface area (Å²) >= 11 is -1.93. The van der Waals surface area contributed by atoms with Gasteiger partial charge in [0.15, 0.2) is 11.1 Å². The minimum atomic E-state index is -1.93. The van der Waals surface area contributed by atoms with Crippen LogP contribution in [0.1, 0.15) is 5.56 Å². The fraction of sp³-hybridized carbons (Fsp3) is 0.364. The maximum atomic E-state index is 11.5. The molecular formula is C11H15NO5S. The highest BCUT2D eigenvalue weighted by Crippen LogP contribution is 2.29. The van der Waals surface area contributed by atoms with E-state index >= 15 is 0 Å². The molecule has 1 unspecified atom stereocenters. The number of methoxy groups -OCH3 is 2. The van der Waals surface area contributed by atoms with Crippen LogP contribution in [-0.2, 0) is 21.6 Å². The van der Waals surface area contributed by atoms with E-state index < -0.39 is 17.2 Å². The van der Waals surface area contributed by atoms with Gasteiger partial charge < -0.3 is 14.0 Å². The second-order valence-electron chi connectivity index (χ2n) is 3.50. The van der Waals surface area contributed by atoms with Crippen LogP contribution in [0.4, 0.5) is 10.5 Å². The Morgan fingerprint density at radius 2 is 2.11 bits per heavy atom. The molecule has 0 bridgehead atoms. The Morgan fingerprint density at radius 1 is 1.44 bits per heavy atom. The molecule has 1 aromatic carbocycles. The van der Waals surface area contributed by atoms with Crippen LogP contribution in [0.5, 0.6) is 5.75 Å². The van der Waals surface area contributed by atoms with Crippen LogP contribution in [0.15, 0.2) is 18.2 Å². The van der Waals surface area contributed by atoms with Crippen molar-refractivity contribution in [3.8, 4) is 5.75 Å². The molecule has 1 atom stereocenters. The van der Waals surface area contributed by atoms with Gasteiger partial charge in [-0.25, -0.2) is 9.00 Å². The van der Waals surface area contributed by atoms with E-state index in [0.717, 1.165) is 0 Å². The Hall–Kier alpha value is -1.60. The maximum absolute atomic E-state index is 11.5. The lowest BCUT2D eigenvalue weighted by molar-refractivity contribution is 0.180. The van der Waals surface area contributed by atoms with Gasteiger partial charge in [-0.05, 0) is 17.7 Å². The topological polar surface area (TPSA) is 76.1 Å². The summed E-state index contributed by atoms with van der Waals surface area (Å²) in [6.45, 7) is 0.